The molecule has 0 atom stereocenters. The van der Waals surface area contributed by atoms with Crippen LogP contribution in [0.3, 0.4) is 0 Å². The van der Waals surface area contributed by atoms with Gasteiger partial charge in [-0.3, -0.25) is 4.79 Å². The van der Waals surface area contributed by atoms with E-state index in [-0.39, 0.29) is 12.3 Å². The van der Waals surface area contributed by atoms with E-state index in [0.717, 1.165) is 29.0 Å². The van der Waals surface area contributed by atoms with Gasteiger partial charge in [0.25, 0.3) is 0 Å². The highest BCUT2D eigenvalue weighted by atomic mass is 16.5. The van der Waals surface area contributed by atoms with E-state index in [4.69, 9.17) is 14.2 Å². The van der Waals surface area contributed by atoms with Crippen molar-refractivity contribution in [2.24, 2.45) is 0 Å². The third-order valence-corrected chi connectivity index (χ3v) is 4.61. The number of hydrogen-bond donors (Lipinski definition) is 1. The molecule has 3 aromatic rings. The molecule has 5 nitrogen and oxygen atoms in total. The van der Waals surface area contributed by atoms with Gasteiger partial charge in [-0.2, -0.15) is 0 Å². The molecule has 3 aromatic carbocycles. The highest BCUT2D eigenvalue weighted by Gasteiger charge is 2.11. The quantitative estimate of drug-likeness (QED) is 0.615. The molecule has 1 amide bonds. The minimum atomic E-state index is -0.104. The zero-order valence-electron chi connectivity index (χ0n) is 16.9. The Hall–Kier alpha value is -3.47. The van der Waals surface area contributed by atoms with Crippen LogP contribution in [0.1, 0.15) is 16.7 Å². The van der Waals surface area contributed by atoms with Crippen molar-refractivity contribution in [3.8, 4) is 17.2 Å². The summed E-state index contributed by atoms with van der Waals surface area (Å²) < 4.78 is 16.0. The van der Waals surface area contributed by atoms with E-state index < -0.39 is 0 Å². The predicted octanol–water partition coefficient (Wildman–Crippen LogP) is 4.48. The van der Waals surface area contributed by atoms with Crippen LogP contribution < -0.4 is 19.5 Å². The van der Waals surface area contributed by atoms with E-state index in [0.29, 0.717) is 11.5 Å². The van der Waals surface area contributed by atoms with Crippen LogP contribution in [0.15, 0.2) is 66.7 Å². The Kier molecular flexibility index (Phi) is 6.74. The second-order valence-electron chi connectivity index (χ2n) is 6.60. The van der Waals surface area contributed by atoms with Gasteiger partial charge in [-0.25, -0.2) is 0 Å². The van der Waals surface area contributed by atoms with Gasteiger partial charge in [-0.15, -0.1) is 0 Å². The molecule has 0 aliphatic rings. The molecule has 0 spiro atoms. The monoisotopic (exact) mass is 391 g/mol. The largest absolute Gasteiger partial charge is 0.496 e. The SMILES string of the molecule is COc1ccc(NC(=O)Cc2ccc(OC)c(OC)c2)cc1Cc1ccccc1. The lowest BCUT2D eigenvalue weighted by atomic mass is 10.0. The van der Waals surface area contributed by atoms with E-state index in [9.17, 15) is 4.79 Å². The summed E-state index contributed by atoms with van der Waals surface area (Å²) in [6.07, 6.45) is 0.962. The van der Waals surface area contributed by atoms with Gasteiger partial charge in [0.15, 0.2) is 11.5 Å². The second-order valence-corrected chi connectivity index (χ2v) is 6.60. The van der Waals surface area contributed by atoms with Gasteiger partial charge >= 0.3 is 0 Å². The van der Waals surface area contributed by atoms with Crippen LogP contribution in [-0.2, 0) is 17.6 Å². The lowest BCUT2D eigenvalue weighted by Crippen LogP contribution is -2.14. The molecule has 0 bridgehead atoms. The molecule has 0 saturated carbocycles. The Bertz CT molecular complexity index is 970. The van der Waals surface area contributed by atoms with Crippen LogP contribution in [0.4, 0.5) is 5.69 Å². The second kappa shape index (κ2) is 9.64. The number of hydrogen-bond acceptors (Lipinski definition) is 4. The molecule has 0 radical (unpaired) electrons. The smallest absolute Gasteiger partial charge is 0.228 e. The summed E-state index contributed by atoms with van der Waals surface area (Å²) in [5, 5.41) is 2.97. The van der Waals surface area contributed by atoms with E-state index in [1.165, 1.54) is 5.56 Å². The summed E-state index contributed by atoms with van der Waals surface area (Å²) in [6, 6.07) is 21.3. The van der Waals surface area contributed by atoms with Crippen molar-refractivity contribution < 1.29 is 19.0 Å². The highest BCUT2D eigenvalue weighted by Crippen LogP contribution is 2.28. The molecule has 0 aromatic heterocycles. The molecule has 150 valence electrons. The average molecular weight is 391 g/mol. The maximum Gasteiger partial charge on any atom is 0.228 e. The topological polar surface area (TPSA) is 56.8 Å². The summed E-state index contributed by atoms with van der Waals surface area (Å²) in [7, 11) is 4.81. The first-order valence-electron chi connectivity index (χ1n) is 9.34. The summed E-state index contributed by atoms with van der Waals surface area (Å²) >= 11 is 0. The van der Waals surface area contributed by atoms with Crippen molar-refractivity contribution in [2.45, 2.75) is 12.8 Å². The summed E-state index contributed by atoms with van der Waals surface area (Å²) in [4.78, 5) is 12.5. The van der Waals surface area contributed by atoms with E-state index in [1.807, 2.05) is 48.5 Å². The van der Waals surface area contributed by atoms with Gasteiger partial charge in [-0.1, -0.05) is 36.4 Å². The normalized spacial score (nSPS) is 10.3. The lowest BCUT2D eigenvalue weighted by Gasteiger charge is -2.13. The van der Waals surface area contributed by atoms with Gasteiger partial charge in [-0.05, 0) is 41.5 Å². The van der Waals surface area contributed by atoms with Gasteiger partial charge in [0, 0.05) is 17.7 Å². The number of ether oxygens (including phenoxy) is 3. The number of rotatable bonds is 8. The van der Waals surface area contributed by atoms with E-state index in [1.54, 1.807) is 27.4 Å². The molecule has 0 saturated heterocycles. The van der Waals surface area contributed by atoms with Gasteiger partial charge in [0.1, 0.15) is 5.75 Å². The van der Waals surface area contributed by atoms with Crippen molar-refractivity contribution in [1.29, 1.82) is 0 Å². The Labute approximate surface area is 171 Å². The summed E-state index contributed by atoms with van der Waals surface area (Å²) in [5.41, 5.74) is 3.78. The van der Waals surface area contributed by atoms with Crippen molar-refractivity contribution in [3.05, 3.63) is 83.4 Å². The fourth-order valence-corrected chi connectivity index (χ4v) is 3.19. The fourth-order valence-electron chi connectivity index (χ4n) is 3.19. The predicted molar refractivity (Wildman–Crippen MR) is 114 cm³/mol. The number of benzene rings is 3. The Morgan fingerprint density at radius 1 is 0.759 bits per heavy atom. The Morgan fingerprint density at radius 2 is 1.45 bits per heavy atom. The number of amides is 1. The number of carbonyl (C=O) groups is 1. The molecule has 5 heteroatoms. The van der Waals surface area contributed by atoms with Crippen LogP contribution in [0, 0.1) is 0 Å². The molecule has 0 aliphatic carbocycles. The maximum absolute atomic E-state index is 12.5. The van der Waals surface area contributed by atoms with Crippen molar-refractivity contribution in [1.82, 2.24) is 0 Å². The van der Waals surface area contributed by atoms with Crippen molar-refractivity contribution >= 4 is 11.6 Å². The first-order valence-corrected chi connectivity index (χ1v) is 9.34. The van der Waals surface area contributed by atoms with Crippen LogP contribution in [0.25, 0.3) is 0 Å². The molecule has 0 aliphatic heterocycles. The molecule has 1 N–H and O–H groups in total. The molecule has 0 heterocycles. The summed E-state index contributed by atoms with van der Waals surface area (Å²) in [6.45, 7) is 0. The van der Waals surface area contributed by atoms with Crippen molar-refractivity contribution in [3.63, 3.8) is 0 Å². The number of methoxy groups -OCH3 is 3. The Balaban J connectivity index is 1.72. The molecule has 0 unspecified atom stereocenters. The highest BCUT2D eigenvalue weighted by molar-refractivity contribution is 5.92. The minimum absolute atomic E-state index is 0.104. The van der Waals surface area contributed by atoms with Crippen LogP contribution in [-0.4, -0.2) is 27.2 Å². The summed E-state index contributed by atoms with van der Waals surface area (Å²) in [5.74, 6) is 1.93. The van der Waals surface area contributed by atoms with E-state index >= 15 is 0 Å². The lowest BCUT2D eigenvalue weighted by molar-refractivity contribution is -0.115. The molecule has 0 fully saturated rings. The van der Waals surface area contributed by atoms with Crippen molar-refractivity contribution in [2.75, 3.05) is 26.6 Å². The standard InChI is InChI=1S/C24H25NO4/c1-27-21-12-10-20(16-19(21)13-17-7-5-4-6-8-17)25-24(26)15-18-9-11-22(28-2)23(14-18)29-3/h4-12,14,16H,13,15H2,1-3H3,(H,25,26). The molecular weight excluding hydrogens is 366 g/mol. The maximum atomic E-state index is 12.5. The average Bonchev–Trinajstić information content (AvgIpc) is 2.74. The third-order valence-electron chi connectivity index (χ3n) is 4.61. The van der Waals surface area contributed by atoms with Gasteiger partial charge < -0.3 is 19.5 Å². The van der Waals surface area contributed by atoms with E-state index in [2.05, 4.69) is 17.4 Å². The Morgan fingerprint density at radius 3 is 2.14 bits per heavy atom. The van der Waals surface area contributed by atoms with Crippen LogP contribution in [0.5, 0.6) is 17.2 Å². The first-order chi connectivity index (χ1) is 14.1. The zero-order valence-corrected chi connectivity index (χ0v) is 16.9. The number of nitrogens with one attached hydrogen (secondary N) is 1. The minimum Gasteiger partial charge on any atom is -0.496 e. The van der Waals surface area contributed by atoms with Crippen LogP contribution in [0.2, 0.25) is 0 Å². The first kappa shape index (κ1) is 20.3. The van der Waals surface area contributed by atoms with Gasteiger partial charge in [0.2, 0.25) is 5.91 Å². The van der Waals surface area contributed by atoms with Crippen LogP contribution >= 0.6 is 0 Å². The molecular formula is C24H25NO4. The zero-order chi connectivity index (χ0) is 20.6. The molecule has 29 heavy (non-hydrogen) atoms. The third kappa shape index (κ3) is 5.29. The van der Waals surface area contributed by atoms with Gasteiger partial charge in [0.05, 0.1) is 27.8 Å². The fraction of sp³-hybridized carbons (Fsp3) is 0.208. The molecule has 3 rings (SSSR count). The number of carbonyl (C=O) groups excluding carboxylic acids is 1. The number of anilines is 1.